The second-order valence-corrected chi connectivity index (χ2v) is 2.76. The van der Waals surface area contributed by atoms with Crippen LogP contribution in [0, 0.1) is 0 Å². The monoisotopic (exact) mass is 172 g/mol. The van der Waals surface area contributed by atoms with Crippen LogP contribution in [-0.2, 0) is 0 Å². The molecule has 0 unspecified atom stereocenters. The summed E-state index contributed by atoms with van der Waals surface area (Å²) in [6.45, 7) is 0. The van der Waals surface area contributed by atoms with Gasteiger partial charge < -0.3 is 4.40 Å². The fourth-order valence-electron chi connectivity index (χ4n) is 1.33. The Labute approximate surface area is 72.7 Å². The lowest BCUT2D eigenvalue weighted by Gasteiger charge is -1.95. The third-order valence-electron chi connectivity index (χ3n) is 1.95. The van der Waals surface area contributed by atoms with Crippen LogP contribution in [0.4, 0.5) is 5.82 Å². The largest absolute Gasteiger partial charge is 0.308 e. The fraction of sp³-hybridized carbons (Fsp3) is 0. The van der Waals surface area contributed by atoms with Crippen molar-refractivity contribution in [1.29, 1.82) is 0 Å². The molecule has 2 aromatic heterocycles. The Balaban J connectivity index is 2.44. The Kier molecular flexibility index (Phi) is 0.999. The average Bonchev–Trinajstić information content (AvgIpc) is 2.70. The van der Waals surface area contributed by atoms with Crippen LogP contribution in [0.1, 0.15) is 10.4 Å². The Hall–Kier alpha value is -2.04. The highest BCUT2D eigenvalue weighted by atomic mass is 16.2. The number of nitrogens with zero attached hydrogens (tertiary/aromatic N) is 4. The van der Waals surface area contributed by atoms with Crippen LogP contribution >= 0.6 is 0 Å². The molecule has 0 fully saturated rings. The van der Waals surface area contributed by atoms with E-state index in [1.54, 1.807) is 10.6 Å². The van der Waals surface area contributed by atoms with Crippen molar-refractivity contribution >= 4 is 17.4 Å². The fourth-order valence-corrected chi connectivity index (χ4v) is 1.33. The maximum Gasteiger partial charge on any atom is 0.300 e. The number of hydrogen-bond acceptors (Lipinski definition) is 3. The Morgan fingerprint density at radius 1 is 1.31 bits per heavy atom. The van der Waals surface area contributed by atoms with Crippen LogP contribution in [0.25, 0.3) is 5.65 Å². The summed E-state index contributed by atoms with van der Waals surface area (Å²) < 4.78 is 1.77. The minimum absolute atomic E-state index is 0.321. The van der Waals surface area contributed by atoms with E-state index in [0.717, 1.165) is 5.65 Å². The van der Waals surface area contributed by atoms with Gasteiger partial charge in [0, 0.05) is 12.4 Å². The summed E-state index contributed by atoms with van der Waals surface area (Å²) in [7, 11) is 0. The Morgan fingerprint density at radius 2 is 2.23 bits per heavy atom. The van der Waals surface area contributed by atoms with Gasteiger partial charge in [0.2, 0.25) is 0 Å². The van der Waals surface area contributed by atoms with E-state index in [1.165, 1.54) is 0 Å². The van der Waals surface area contributed by atoms with Crippen LogP contribution in [0.5, 0.6) is 0 Å². The molecule has 5 heteroatoms. The second kappa shape index (κ2) is 2.01. The third kappa shape index (κ3) is 0.752. The lowest BCUT2D eigenvalue weighted by Crippen LogP contribution is -1.94. The van der Waals surface area contributed by atoms with Gasteiger partial charge in [-0.05, 0) is 12.1 Å². The zero-order valence-electron chi connectivity index (χ0n) is 6.51. The number of carbonyl (C=O) groups excluding carboxylic acids is 1. The summed E-state index contributed by atoms with van der Waals surface area (Å²) in [6, 6.07) is 3.71. The normalized spacial score (nSPS) is 14.0. The summed E-state index contributed by atoms with van der Waals surface area (Å²) in [5.74, 6) is 0.0919. The number of hydrogen-bond donors (Lipinski definition) is 0. The van der Waals surface area contributed by atoms with E-state index in [0.29, 0.717) is 11.4 Å². The number of fused-ring (bicyclic) bond motifs is 2. The SMILES string of the molecule is O=C1N=Nc2nc3cccn3cc21. The molecule has 0 atom stereocenters. The smallest absolute Gasteiger partial charge is 0.300 e. The van der Waals surface area contributed by atoms with Crippen LogP contribution in [-0.4, -0.2) is 15.3 Å². The van der Waals surface area contributed by atoms with E-state index in [4.69, 9.17) is 0 Å². The predicted molar refractivity (Wildman–Crippen MR) is 44.0 cm³/mol. The Bertz CT molecular complexity index is 540. The summed E-state index contributed by atoms with van der Waals surface area (Å²) in [5.41, 5.74) is 1.23. The molecule has 2 aromatic rings. The van der Waals surface area contributed by atoms with Crippen LogP contribution < -0.4 is 0 Å². The molecular weight excluding hydrogens is 168 g/mol. The quantitative estimate of drug-likeness (QED) is 0.605. The van der Waals surface area contributed by atoms with Crippen molar-refractivity contribution in [3.63, 3.8) is 0 Å². The first-order chi connectivity index (χ1) is 6.34. The van der Waals surface area contributed by atoms with Crippen molar-refractivity contribution in [3.8, 4) is 0 Å². The van der Waals surface area contributed by atoms with Gasteiger partial charge in [-0.2, -0.15) is 0 Å². The molecule has 1 amide bonds. The molecule has 5 nitrogen and oxygen atoms in total. The molecule has 0 aliphatic carbocycles. The maximum atomic E-state index is 11.1. The topological polar surface area (TPSA) is 59.1 Å². The van der Waals surface area contributed by atoms with Gasteiger partial charge in [0.25, 0.3) is 0 Å². The van der Waals surface area contributed by atoms with Crippen LogP contribution in [0.2, 0.25) is 0 Å². The summed E-state index contributed by atoms with van der Waals surface area (Å²) >= 11 is 0. The van der Waals surface area contributed by atoms with Gasteiger partial charge >= 0.3 is 5.91 Å². The molecule has 1 aliphatic rings. The minimum Gasteiger partial charge on any atom is -0.308 e. The highest BCUT2D eigenvalue weighted by Gasteiger charge is 2.19. The number of rotatable bonds is 0. The minimum atomic E-state index is -0.321. The van der Waals surface area contributed by atoms with Crippen LogP contribution in [0.3, 0.4) is 0 Å². The van der Waals surface area contributed by atoms with Gasteiger partial charge in [-0.15, -0.1) is 10.2 Å². The van der Waals surface area contributed by atoms with Gasteiger partial charge in [-0.1, -0.05) is 0 Å². The molecule has 62 valence electrons. The van der Waals surface area contributed by atoms with E-state index in [9.17, 15) is 4.79 Å². The first kappa shape index (κ1) is 6.47. The maximum absolute atomic E-state index is 11.1. The zero-order valence-corrected chi connectivity index (χ0v) is 6.51. The van der Waals surface area contributed by atoms with Gasteiger partial charge in [-0.3, -0.25) is 4.79 Å². The Morgan fingerprint density at radius 3 is 3.15 bits per heavy atom. The molecule has 3 heterocycles. The molecule has 0 saturated heterocycles. The molecule has 13 heavy (non-hydrogen) atoms. The van der Waals surface area contributed by atoms with Gasteiger partial charge in [0.1, 0.15) is 11.2 Å². The summed E-state index contributed by atoms with van der Waals surface area (Å²) in [5, 5.41) is 7.08. The molecule has 1 aliphatic heterocycles. The average molecular weight is 172 g/mol. The standard InChI is InChI=1S/C8H4N4O/c13-8-5-4-12-3-1-2-6(12)9-7(5)10-11-8/h1-4H. The molecular formula is C8H4N4O. The second-order valence-electron chi connectivity index (χ2n) is 2.76. The molecule has 0 bridgehead atoms. The third-order valence-corrected chi connectivity index (χ3v) is 1.95. The molecule has 0 saturated carbocycles. The van der Waals surface area contributed by atoms with Crippen LogP contribution in [0.15, 0.2) is 34.8 Å². The number of amides is 1. The van der Waals surface area contributed by atoms with Crippen molar-refractivity contribution in [2.45, 2.75) is 0 Å². The molecule has 0 radical (unpaired) electrons. The van der Waals surface area contributed by atoms with Gasteiger partial charge in [0.15, 0.2) is 5.82 Å². The molecule has 0 N–H and O–H groups in total. The summed E-state index contributed by atoms with van der Waals surface area (Å²) in [6.07, 6.45) is 3.52. The highest BCUT2D eigenvalue weighted by molar-refractivity contribution is 6.00. The number of carbonyl (C=O) groups is 1. The highest BCUT2D eigenvalue weighted by Crippen LogP contribution is 2.24. The van der Waals surface area contributed by atoms with Crippen molar-refractivity contribution in [1.82, 2.24) is 9.38 Å². The van der Waals surface area contributed by atoms with Crippen molar-refractivity contribution in [3.05, 3.63) is 30.1 Å². The molecule has 3 rings (SSSR count). The van der Waals surface area contributed by atoms with Gasteiger partial charge in [0.05, 0.1) is 0 Å². The van der Waals surface area contributed by atoms with Crippen molar-refractivity contribution in [2.24, 2.45) is 10.2 Å². The first-order valence-corrected chi connectivity index (χ1v) is 3.78. The van der Waals surface area contributed by atoms with Crippen molar-refractivity contribution < 1.29 is 4.79 Å². The first-order valence-electron chi connectivity index (χ1n) is 3.78. The van der Waals surface area contributed by atoms with Crippen molar-refractivity contribution in [2.75, 3.05) is 0 Å². The van der Waals surface area contributed by atoms with E-state index < -0.39 is 0 Å². The van der Waals surface area contributed by atoms with E-state index in [2.05, 4.69) is 15.2 Å². The number of azo groups is 1. The van der Waals surface area contributed by atoms with Gasteiger partial charge in [-0.25, -0.2) is 4.98 Å². The number of aromatic nitrogens is 2. The lowest BCUT2D eigenvalue weighted by molar-refractivity contribution is 0.100. The summed E-state index contributed by atoms with van der Waals surface area (Å²) in [4.78, 5) is 15.3. The molecule has 0 spiro atoms. The van der Waals surface area contributed by atoms with E-state index >= 15 is 0 Å². The molecule has 0 aromatic carbocycles. The van der Waals surface area contributed by atoms with E-state index in [-0.39, 0.29) is 5.91 Å². The van der Waals surface area contributed by atoms with E-state index in [1.807, 2.05) is 18.3 Å². The zero-order chi connectivity index (χ0) is 8.84. The predicted octanol–water partition coefficient (Wildman–Crippen LogP) is 1.57. The lowest BCUT2D eigenvalue weighted by atomic mass is 10.3.